The topological polar surface area (TPSA) is 88.1 Å². The lowest BCUT2D eigenvalue weighted by molar-refractivity contribution is 0.338. The summed E-state index contributed by atoms with van der Waals surface area (Å²) in [5, 5.41) is 9.87. The average molecular weight is 500 g/mol. The lowest BCUT2D eigenvalue weighted by atomic mass is 9.98. The lowest BCUT2D eigenvalue weighted by Crippen LogP contribution is -2.37. The molecule has 0 aliphatic heterocycles. The summed E-state index contributed by atoms with van der Waals surface area (Å²) in [6.07, 6.45) is 2.32. The Morgan fingerprint density at radius 2 is 1.72 bits per heavy atom. The molecule has 184 valence electrons. The molecular formula is C29H30ClN5O. The number of nitriles is 1. The van der Waals surface area contributed by atoms with Gasteiger partial charge in [0.25, 0.3) is 0 Å². The minimum atomic E-state index is -0.240. The second-order valence-corrected chi connectivity index (χ2v) is 9.91. The number of rotatable bonds is 7. The zero-order chi connectivity index (χ0) is 25.9. The summed E-state index contributed by atoms with van der Waals surface area (Å²) < 4.78 is 5.84. The standard InChI is InChI=1S/C29H30ClN5O/c1-5-19-14-24(15-22(17-31)28(19)36-13-12-30)35(29(2,3)4)23-9-6-20(7-10-23)21-8-11-25-26(16-21)33-18-27(32)34-25/h6-11,14-16,18H,5,12-13H2,1-4H3,(H2,32,34). The molecule has 1 heterocycles. The van der Waals surface area contributed by atoms with Gasteiger partial charge in [-0.1, -0.05) is 25.1 Å². The first-order chi connectivity index (χ1) is 17.2. The Balaban J connectivity index is 1.74. The molecule has 0 spiro atoms. The summed E-state index contributed by atoms with van der Waals surface area (Å²) in [7, 11) is 0. The predicted octanol–water partition coefficient (Wildman–Crippen LogP) is 6.87. The van der Waals surface area contributed by atoms with Crippen molar-refractivity contribution in [1.29, 1.82) is 5.26 Å². The van der Waals surface area contributed by atoms with Crippen LogP contribution in [0.25, 0.3) is 22.2 Å². The van der Waals surface area contributed by atoms with Crippen molar-refractivity contribution in [2.75, 3.05) is 23.1 Å². The Bertz CT molecular complexity index is 1420. The number of fused-ring (bicyclic) bond motifs is 1. The number of benzene rings is 3. The zero-order valence-corrected chi connectivity index (χ0v) is 21.8. The Hall–Kier alpha value is -3.82. The van der Waals surface area contributed by atoms with E-state index in [1.807, 2.05) is 24.3 Å². The molecule has 7 heteroatoms. The second-order valence-electron chi connectivity index (χ2n) is 9.54. The normalized spacial score (nSPS) is 11.3. The van der Waals surface area contributed by atoms with Crippen LogP contribution in [0.5, 0.6) is 5.75 Å². The highest BCUT2D eigenvalue weighted by atomic mass is 35.5. The zero-order valence-electron chi connectivity index (χ0n) is 21.0. The summed E-state index contributed by atoms with van der Waals surface area (Å²) in [5.41, 5.74) is 12.7. The number of nitrogen functional groups attached to an aromatic ring is 1. The van der Waals surface area contributed by atoms with Gasteiger partial charge in [0.1, 0.15) is 24.2 Å². The Kier molecular flexibility index (Phi) is 7.32. The van der Waals surface area contributed by atoms with Crippen LogP contribution in [0.1, 0.15) is 38.8 Å². The number of nitrogens with two attached hydrogens (primary N) is 1. The fraction of sp³-hybridized carbons (Fsp3) is 0.276. The minimum absolute atomic E-state index is 0.240. The summed E-state index contributed by atoms with van der Waals surface area (Å²) in [5.74, 6) is 1.40. The van der Waals surface area contributed by atoms with Gasteiger partial charge >= 0.3 is 0 Å². The van der Waals surface area contributed by atoms with Gasteiger partial charge in [0, 0.05) is 16.9 Å². The van der Waals surface area contributed by atoms with Gasteiger partial charge in [0.15, 0.2) is 0 Å². The number of alkyl halides is 1. The number of hydrogen-bond donors (Lipinski definition) is 1. The van der Waals surface area contributed by atoms with Crippen molar-refractivity contribution < 1.29 is 4.74 Å². The Labute approximate surface area is 217 Å². The van der Waals surface area contributed by atoms with Crippen LogP contribution in [0.15, 0.2) is 60.8 Å². The molecule has 3 aromatic carbocycles. The average Bonchev–Trinajstić information content (AvgIpc) is 2.86. The second kappa shape index (κ2) is 10.4. The maximum atomic E-state index is 9.87. The number of anilines is 3. The number of aryl methyl sites for hydroxylation is 1. The van der Waals surface area contributed by atoms with Crippen molar-refractivity contribution in [3.63, 3.8) is 0 Å². The molecule has 36 heavy (non-hydrogen) atoms. The van der Waals surface area contributed by atoms with Gasteiger partial charge < -0.3 is 15.4 Å². The van der Waals surface area contributed by atoms with E-state index in [0.29, 0.717) is 29.6 Å². The molecule has 0 radical (unpaired) electrons. The van der Waals surface area contributed by atoms with Crippen LogP contribution in [0.3, 0.4) is 0 Å². The van der Waals surface area contributed by atoms with Crippen LogP contribution >= 0.6 is 11.6 Å². The van der Waals surface area contributed by atoms with Crippen molar-refractivity contribution >= 4 is 39.8 Å². The van der Waals surface area contributed by atoms with Gasteiger partial charge in [-0.2, -0.15) is 5.26 Å². The van der Waals surface area contributed by atoms with Crippen molar-refractivity contribution in [3.8, 4) is 22.9 Å². The van der Waals surface area contributed by atoms with Crippen LogP contribution in [0, 0.1) is 11.3 Å². The third-order valence-corrected chi connectivity index (χ3v) is 6.08. The largest absolute Gasteiger partial charge is 0.491 e. The molecule has 4 rings (SSSR count). The van der Waals surface area contributed by atoms with Crippen LogP contribution in [0.2, 0.25) is 0 Å². The van der Waals surface area contributed by atoms with Crippen LogP contribution < -0.4 is 15.4 Å². The van der Waals surface area contributed by atoms with Crippen LogP contribution in [0.4, 0.5) is 17.2 Å². The highest BCUT2D eigenvalue weighted by Gasteiger charge is 2.26. The lowest BCUT2D eigenvalue weighted by Gasteiger charge is -2.38. The molecular weight excluding hydrogens is 470 g/mol. The number of aromatic nitrogens is 2. The first-order valence-corrected chi connectivity index (χ1v) is 12.5. The SMILES string of the molecule is CCc1cc(N(c2ccc(-c3ccc4nc(N)cnc4c3)cc2)C(C)(C)C)cc(C#N)c1OCCCl. The summed E-state index contributed by atoms with van der Waals surface area (Å²) >= 11 is 5.83. The van der Waals surface area contributed by atoms with E-state index in [0.717, 1.165) is 45.5 Å². The highest BCUT2D eigenvalue weighted by Crippen LogP contribution is 2.38. The van der Waals surface area contributed by atoms with E-state index in [4.69, 9.17) is 22.1 Å². The smallest absolute Gasteiger partial charge is 0.142 e. The number of hydrogen-bond acceptors (Lipinski definition) is 6. The molecule has 0 atom stereocenters. The molecule has 0 saturated carbocycles. The molecule has 0 unspecified atom stereocenters. The molecule has 0 aliphatic rings. The molecule has 2 N–H and O–H groups in total. The minimum Gasteiger partial charge on any atom is -0.491 e. The van der Waals surface area contributed by atoms with Gasteiger partial charge in [-0.3, -0.25) is 4.98 Å². The Morgan fingerprint density at radius 3 is 2.36 bits per heavy atom. The fourth-order valence-electron chi connectivity index (χ4n) is 4.39. The summed E-state index contributed by atoms with van der Waals surface area (Å²) in [4.78, 5) is 11.0. The molecule has 1 aromatic heterocycles. The fourth-order valence-corrected chi connectivity index (χ4v) is 4.47. The van der Waals surface area contributed by atoms with Gasteiger partial charge in [0.05, 0.1) is 28.7 Å². The van der Waals surface area contributed by atoms with E-state index in [-0.39, 0.29) is 5.54 Å². The van der Waals surface area contributed by atoms with E-state index < -0.39 is 0 Å². The first-order valence-electron chi connectivity index (χ1n) is 11.9. The Morgan fingerprint density at radius 1 is 1.00 bits per heavy atom. The van der Waals surface area contributed by atoms with Gasteiger partial charge in [0.2, 0.25) is 0 Å². The molecule has 6 nitrogen and oxygen atoms in total. The van der Waals surface area contributed by atoms with Crippen molar-refractivity contribution in [2.24, 2.45) is 0 Å². The summed E-state index contributed by atoms with van der Waals surface area (Å²) in [6, 6.07) is 20.7. The van der Waals surface area contributed by atoms with E-state index in [2.05, 4.69) is 79.0 Å². The highest BCUT2D eigenvalue weighted by molar-refractivity contribution is 6.18. The number of ether oxygens (including phenoxy) is 1. The van der Waals surface area contributed by atoms with E-state index in [9.17, 15) is 5.26 Å². The predicted molar refractivity (Wildman–Crippen MR) is 148 cm³/mol. The monoisotopic (exact) mass is 499 g/mol. The first kappa shape index (κ1) is 25.3. The van der Waals surface area contributed by atoms with Crippen molar-refractivity contribution in [1.82, 2.24) is 9.97 Å². The molecule has 0 amide bonds. The van der Waals surface area contributed by atoms with Crippen molar-refractivity contribution in [2.45, 2.75) is 39.7 Å². The third kappa shape index (κ3) is 5.22. The quantitative estimate of drug-likeness (QED) is 0.279. The third-order valence-electron chi connectivity index (χ3n) is 5.92. The molecule has 0 bridgehead atoms. The molecule has 0 fully saturated rings. The molecule has 4 aromatic rings. The van der Waals surface area contributed by atoms with Gasteiger partial charge in [-0.15, -0.1) is 11.6 Å². The van der Waals surface area contributed by atoms with Crippen LogP contribution in [-0.4, -0.2) is 28.0 Å². The van der Waals surface area contributed by atoms with E-state index >= 15 is 0 Å². The molecule has 0 aliphatic carbocycles. The van der Waals surface area contributed by atoms with Gasteiger partial charge in [-0.25, -0.2) is 4.98 Å². The summed E-state index contributed by atoms with van der Waals surface area (Å²) in [6.45, 7) is 8.89. The van der Waals surface area contributed by atoms with Crippen LogP contribution in [-0.2, 0) is 6.42 Å². The number of nitrogens with zero attached hydrogens (tertiary/aromatic N) is 4. The maximum Gasteiger partial charge on any atom is 0.142 e. The van der Waals surface area contributed by atoms with Crippen molar-refractivity contribution in [3.05, 3.63) is 71.9 Å². The number of halogens is 1. The molecule has 0 saturated heterocycles. The van der Waals surface area contributed by atoms with Gasteiger partial charge in [-0.05, 0) is 80.3 Å². The van der Waals surface area contributed by atoms with E-state index in [1.54, 1.807) is 6.20 Å². The maximum absolute atomic E-state index is 9.87. The van der Waals surface area contributed by atoms with E-state index in [1.165, 1.54) is 0 Å².